The van der Waals surface area contributed by atoms with Gasteiger partial charge in [-0.05, 0) is 19.1 Å². The average Bonchev–Trinajstić information content (AvgIpc) is 2.17. The van der Waals surface area contributed by atoms with Gasteiger partial charge in [0, 0.05) is 0 Å². The average molecular weight is 249 g/mol. The second kappa shape index (κ2) is 5.24. The topological polar surface area (TPSA) is 35.5 Å². The van der Waals surface area contributed by atoms with Gasteiger partial charge in [0.05, 0.1) is 29.3 Å². The molecule has 0 N–H and O–H groups in total. The molecule has 1 rings (SSSR count). The second-order valence-corrected chi connectivity index (χ2v) is 3.51. The molecule has 0 radical (unpaired) electrons. The molecule has 1 aromatic carbocycles. The van der Waals surface area contributed by atoms with Crippen LogP contribution in [0.4, 0.5) is 0 Å². The van der Waals surface area contributed by atoms with Crippen LogP contribution in [0.25, 0.3) is 0 Å². The minimum atomic E-state index is -0.455. The number of esters is 1. The Morgan fingerprint density at radius 1 is 1.33 bits per heavy atom. The van der Waals surface area contributed by atoms with E-state index in [0.29, 0.717) is 17.9 Å². The Kier molecular flexibility index (Phi) is 4.24. The maximum absolute atomic E-state index is 11.4. The van der Waals surface area contributed by atoms with Crippen LogP contribution < -0.4 is 4.74 Å². The summed E-state index contributed by atoms with van der Waals surface area (Å²) in [4.78, 5) is 11.4. The van der Waals surface area contributed by atoms with Crippen molar-refractivity contribution in [3.8, 4) is 5.75 Å². The molecule has 0 aliphatic carbocycles. The summed E-state index contributed by atoms with van der Waals surface area (Å²) < 4.78 is 9.77. The van der Waals surface area contributed by atoms with Crippen molar-refractivity contribution < 1.29 is 14.3 Å². The van der Waals surface area contributed by atoms with Crippen molar-refractivity contribution in [2.45, 2.75) is 6.92 Å². The van der Waals surface area contributed by atoms with Gasteiger partial charge in [-0.25, -0.2) is 4.79 Å². The van der Waals surface area contributed by atoms with Gasteiger partial charge in [0.25, 0.3) is 0 Å². The van der Waals surface area contributed by atoms with Gasteiger partial charge in [-0.2, -0.15) is 0 Å². The largest absolute Gasteiger partial charge is 0.494 e. The highest BCUT2D eigenvalue weighted by Gasteiger charge is 2.13. The molecule has 0 amide bonds. The van der Waals surface area contributed by atoms with Crippen LogP contribution in [0.15, 0.2) is 12.1 Å². The smallest absolute Gasteiger partial charge is 0.338 e. The van der Waals surface area contributed by atoms with Crippen LogP contribution in [0.3, 0.4) is 0 Å². The summed E-state index contributed by atoms with van der Waals surface area (Å²) in [6.07, 6.45) is 0. The molecule has 0 bridgehead atoms. The molecular formula is C10H10Cl2O3. The van der Waals surface area contributed by atoms with Crippen LogP contribution in [0.2, 0.25) is 10.0 Å². The van der Waals surface area contributed by atoms with Crippen molar-refractivity contribution in [2.24, 2.45) is 0 Å². The summed E-state index contributed by atoms with van der Waals surface area (Å²) in [5.74, 6) is -0.102. The van der Waals surface area contributed by atoms with E-state index in [2.05, 4.69) is 0 Å². The molecule has 0 fully saturated rings. The molecule has 0 spiro atoms. The van der Waals surface area contributed by atoms with Crippen molar-refractivity contribution >= 4 is 29.2 Å². The highest BCUT2D eigenvalue weighted by molar-refractivity contribution is 6.37. The zero-order valence-corrected chi connectivity index (χ0v) is 9.85. The van der Waals surface area contributed by atoms with Crippen molar-refractivity contribution in [3.05, 3.63) is 27.7 Å². The zero-order valence-electron chi connectivity index (χ0n) is 8.34. The summed E-state index contributed by atoms with van der Waals surface area (Å²) in [5, 5.41) is 0.570. The third-order valence-electron chi connectivity index (χ3n) is 1.71. The lowest BCUT2D eigenvalue weighted by Gasteiger charge is -2.07. The van der Waals surface area contributed by atoms with E-state index in [4.69, 9.17) is 32.7 Å². The molecule has 82 valence electrons. The van der Waals surface area contributed by atoms with Gasteiger partial charge in [-0.3, -0.25) is 0 Å². The number of rotatable bonds is 3. The van der Waals surface area contributed by atoms with Crippen LogP contribution in [0.5, 0.6) is 5.75 Å². The van der Waals surface area contributed by atoms with Crippen molar-refractivity contribution in [1.29, 1.82) is 0 Å². The number of benzene rings is 1. The molecule has 0 aliphatic heterocycles. The quantitative estimate of drug-likeness (QED) is 0.771. The lowest BCUT2D eigenvalue weighted by atomic mass is 10.2. The molecule has 1 aromatic rings. The Balaban J connectivity index is 3.08. The standard InChI is InChI=1S/C10H10Cl2O3/c1-3-15-10(13)6-4-7(11)9(14-2)8(12)5-6/h4-5H,3H2,1-2H3. The van der Waals surface area contributed by atoms with Gasteiger partial charge in [0.15, 0.2) is 5.75 Å². The van der Waals surface area contributed by atoms with Crippen LogP contribution in [0.1, 0.15) is 17.3 Å². The minimum absolute atomic E-state index is 0.285. The van der Waals surface area contributed by atoms with Crippen molar-refractivity contribution in [2.75, 3.05) is 13.7 Å². The summed E-state index contributed by atoms with van der Waals surface area (Å²) >= 11 is 11.7. The third-order valence-corrected chi connectivity index (χ3v) is 2.28. The third kappa shape index (κ3) is 2.76. The number of methoxy groups -OCH3 is 1. The monoisotopic (exact) mass is 248 g/mol. The molecule has 0 atom stereocenters. The lowest BCUT2D eigenvalue weighted by Crippen LogP contribution is -2.04. The Labute approximate surface area is 97.9 Å². The van der Waals surface area contributed by atoms with Crippen LogP contribution in [-0.4, -0.2) is 19.7 Å². The molecule has 3 nitrogen and oxygen atoms in total. The summed E-state index contributed by atoms with van der Waals surface area (Å²) in [6, 6.07) is 2.93. The molecule has 0 saturated carbocycles. The number of hydrogen-bond donors (Lipinski definition) is 0. The molecular weight excluding hydrogens is 239 g/mol. The van der Waals surface area contributed by atoms with Gasteiger partial charge < -0.3 is 9.47 Å². The first-order valence-electron chi connectivity index (χ1n) is 4.30. The Hall–Kier alpha value is -0.930. The van der Waals surface area contributed by atoms with E-state index in [1.165, 1.54) is 19.2 Å². The first-order chi connectivity index (χ1) is 7.10. The number of halogens is 2. The summed E-state index contributed by atoms with van der Waals surface area (Å²) in [6.45, 7) is 2.03. The van der Waals surface area contributed by atoms with E-state index in [9.17, 15) is 4.79 Å². The summed E-state index contributed by atoms with van der Waals surface area (Å²) in [5.41, 5.74) is 0.313. The molecule has 0 aromatic heterocycles. The number of hydrogen-bond acceptors (Lipinski definition) is 3. The maximum Gasteiger partial charge on any atom is 0.338 e. The van der Waals surface area contributed by atoms with E-state index >= 15 is 0 Å². The van der Waals surface area contributed by atoms with Crippen molar-refractivity contribution in [1.82, 2.24) is 0 Å². The predicted octanol–water partition coefficient (Wildman–Crippen LogP) is 3.18. The number of carbonyl (C=O) groups excluding carboxylic acids is 1. The lowest BCUT2D eigenvalue weighted by molar-refractivity contribution is 0.0526. The highest BCUT2D eigenvalue weighted by Crippen LogP contribution is 2.33. The van der Waals surface area contributed by atoms with Gasteiger partial charge in [-0.1, -0.05) is 23.2 Å². The highest BCUT2D eigenvalue weighted by atomic mass is 35.5. The fourth-order valence-electron chi connectivity index (χ4n) is 1.09. The fourth-order valence-corrected chi connectivity index (χ4v) is 1.73. The van der Waals surface area contributed by atoms with Crippen LogP contribution in [0, 0.1) is 0 Å². The van der Waals surface area contributed by atoms with E-state index in [1.54, 1.807) is 6.92 Å². The maximum atomic E-state index is 11.4. The van der Waals surface area contributed by atoms with Gasteiger partial charge in [0.2, 0.25) is 0 Å². The molecule has 0 saturated heterocycles. The predicted molar refractivity (Wildman–Crippen MR) is 59.0 cm³/mol. The number of ether oxygens (including phenoxy) is 2. The van der Waals surface area contributed by atoms with Crippen LogP contribution in [-0.2, 0) is 4.74 Å². The first-order valence-corrected chi connectivity index (χ1v) is 5.05. The van der Waals surface area contributed by atoms with E-state index in [0.717, 1.165) is 0 Å². The summed E-state index contributed by atoms with van der Waals surface area (Å²) in [7, 11) is 1.46. The molecule has 0 heterocycles. The van der Waals surface area contributed by atoms with Gasteiger partial charge in [0.1, 0.15) is 0 Å². The van der Waals surface area contributed by atoms with E-state index in [-0.39, 0.29) is 10.0 Å². The van der Waals surface area contributed by atoms with Crippen LogP contribution >= 0.6 is 23.2 Å². The normalized spacial score (nSPS) is 9.87. The second-order valence-electron chi connectivity index (χ2n) is 2.69. The Bertz CT molecular complexity index is 354. The molecule has 0 aliphatic rings. The van der Waals surface area contributed by atoms with E-state index in [1.807, 2.05) is 0 Å². The fraction of sp³-hybridized carbons (Fsp3) is 0.300. The van der Waals surface area contributed by atoms with Crippen molar-refractivity contribution in [3.63, 3.8) is 0 Å². The molecule has 5 heteroatoms. The Morgan fingerprint density at radius 3 is 2.27 bits per heavy atom. The van der Waals surface area contributed by atoms with E-state index < -0.39 is 5.97 Å². The Morgan fingerprint density at radius 2 is 1.87 bits per heavy atom. The number of carbonyl (C=O) groups is 1. The van der Waals surface area contributed by atoms with Gasteiger partial charge in [-0.15, -0.1) is 0 Å². The first kappa shape index (κ1) is 12.1. The molecule has 0 unspecified atom stereocenters. The zero-order chi connectivity index (χ0) is 11.4. The van der Waals surface area contributed by atoms with Gasteiger partial charge >= 0.3 is 5.97 Å². The SMILES string of the molecule is CCOC(=O)c1cc(Cl)c(OC)c(Cl)c1. The minimum Gasteiger partial charge on any atom is -0.494 e. The molecule has 15 heavy (non-hydrogen) atoms.